The maximum Gasteiger partial charge on any atom is 0.217 e. The van der Waals surface area contributed by atoms with Crippen molar-refractivity contribution in [1.82, 2.24) is 5.32 Å². The second-order valence-corrected chi connectivity index (χ2v) is 3.80. The molecule has 1 unspecified atom stereocenters. The maximum atomic E-state index is 11.2. The summed E-state index contributed by atoms with van der Waals surface area (Å²) in [7, 11) is 3.17. The zero-order valence-corrected chi connectivity index (χ0v) is 10.9. The number of hydrogen-bond acceptors (Lipinski definition) is 4. The van der Waals surface area contributed by atoms with Gasteiger partial charge in [-0.15, -0.1) is 0 Å². The standard InChI is InChI=1S/C13H19NO4/c1-10(15)14-13(8-18-9-16-2)11-4-6-12(17-3)7-5-11/h4-7,13H,8-9H2,1-3H3,(H,14,15). The Labute approximate surface area is 107 Å². The summed E-state index contributed by atoms with van der Waals surface area (Å²) < 4.78 is 15.2. The van der Waals surface area contributed by atoms with Crippen molar-refractivity contribution < 1.29 is 19.0 Å². The van der Waals surface area contributed by atoms with Gasteiger partial charge in [-0.1, -0.05) is 12.1 Å². The number of carbonyl (C=O) groups is 1. The van der Waals surface area contributed by atoms with Gasteiger partial charge in [-0.2, -0.15) is 0 Å². The van der Waals surface area contributed by atoms with Crippen LogP contribution in [-0.2, 0) is 14.3 Å². The van der Waals surface area contributed by atoms with Crippen molar-refractivity contribution in [2.75, 3.05) is 27.6 Å². The highest BCUT2D eigenvalue weighted by Crippen LogP contribution is 2.18. The molecule has 0 radical (unpaired) electrons. The van der Waals surface area contributed by atoms with Crippen molar-refractivity contribution in [2.24, 2.45) is 0 Å². The van der Waals surface area contributed by atoms with E-state index < -0.39 is 0 Å². The molecule has 0 saturated carbocycles. The van der Waals surface area contributed by atoms with E-state index >= 15 is 0 Å². The highest BCUT2D eigenvalue weighted by atomic mass is 16.7. The van der Waals surface area contributed by atoms with Crippen LogP contribution in [0.2, 0.25) is 0 Å². The summed E-state index contributed by atoms with van der Waals surface area (Å²) in [6, 6.07) is 7.30. The van der Waals surface area contributed by atoms with Crippen LogP contribution in [0.4, 0.5) is 0 Å². The van der Waals surface area contributed by atoms with Crippen molar-refractivity contribution in [1.29, 1.82) is 0 Å². The molecule has 0 aliphatic carbocycles. The average Bonchev–Trinajstić information content (AvgIpc) is 2.37. The van der Waals surface area contributed by atoms with Crippen molar-refractivity contribution in [3.63, 3.8) is 0 Å². The lowest BCUT2D eigenvalue weighted by molar-refractivity contribution is -0.120. The van der Waals surface area contributed by atoms with Crippen molar-refractivity contribution >= 4 is 5.91 Å². The van der Waals surface area contributed by atoms with E-state index in [1.165, 1.54) is 6.92 Å². The van der Waals surface area contributed by atoms with Crippen LogP contribution in [0.1, 0.15) is 18.5 Å². The fourth-order valence-corrected chi connectivity index (χ4v) is 1.55. The lowest BCUT2D eigenvalue weighted by atomic mass is 10.1. The molecule has 0 heterocycles. The number of nitrogens with one attached hydrogen (secondary N) is 1. The number of benzene rings is 1. The molecule has 1 aromatic rings. The molecule has 0 aromatic heterocycles. The maximum absolute atomic E-state index is 11.2. The van der Waals surface area contributed by atoms with Gasteiger partial charge in [-0.3, -0.25) is 4.79 Å². The van der Waals surface area contributed by atoms with Crippen molar-refractivity contribution in [2.45, 2.75) is 13.0 Å². The first-order chi connectivity index (χ1) is 8.67. The van der Waals surface area contributed by atoms with Gasteiger partial charge in [-0.05, 0) is 17.7 Å². The SMILES string of the molecule is COCOCC(NC(C)=O)c1ccc(OC)cc1. The van der Waals surface area contributed by atoms with E-state index in [1.807, 2.05) is 24.3 Å². The summed E-state index contributed by atoms with van der Waals surface area (Å²) in [5.74, 6) is 0.676. The molecule has 0 fully saturated rings. The van der Waals surface area contributed by atoms with Crippen LogP contribution in [0, 0.1) is 0 Å². The van der Waals surface area contributed by atoms with E-state index in [2.05, 4.69) is 5.32 Å². The fourth-order valence-electron chi connectivity index (χ4n) is 1.55. The van der Waals surface area contributed by atoms with Crippen LogP contribution < -0.4 is 10.1 Å². The van der Waals surface area contributed by atoms with Crippen LogP contribution >= 0.6 is 0 Å². The minimum Gasteiger partial charge on any atom is -0.497 e. The molecule has 0 aliphatic rings. The molecule has 0 bridgehead atoms. The second kappa shape index (κ2) is 7.68. The highest BCUT2D eigenvalue weighted by Gasteiger charge is 2.12. The molecule has 1 rings (SSSR count). The fraction of sp³-hybridized carbons (Fsp3) is 0.462. The van der Waals surface area contributed by atoms with Gasteiger partial charge in [0.15, 0.2) is 0 Å². The van der Waals surface area contributed by atoms with Gasteiger partial charge in [0, 0.05) is 14.0 Å². The van der Waals surface area contributed by atoms with E-state index in [-0.39, 0.29) is 18.7 Å². The number of amides is 1. The Bertz CT molecular complexity index is 364. The first-order valence-electron chi connectivity index (χ1n) is 5.65. The second-order valence-electron chi connectivity index (χ2n) is 3.80. The van der Waals surface area contributed by atoms with Gasteiger partial charge >= 0.3 is 0 Å². The number of methoxy groups -OCH3 is 2. The quantitative estimate of drug-likeness (QED) is 0.591. The minimum atomic E-state index is -0.191. The van der Waals surface area contributed by atoms with Crippen LogP contribution in [0.5, 0.6) is 5.75 Å². The lowest BCUT2D eigenvalue weighted by Crippen LogP contribution is -2.29. The molecule has 1 N–H and O–H groups in total. The first-order valence-corrected chi connectivity index (χ1v) is 5.65. The summed E-state index contributed by atoms with van der Waals surface area (Å²) in [6.07, 6.45) is 0. The third kappa shape index (κ3) is 4.73. The Morgan fingerprint density at radius 1 is 1.28 bits per heavy atom. The lowest BCUT2D eigenvalue weighted by Gasteiger charge is -2.18. The van der Waals surface area contributed by atoms with Crippen LogP contribution in [0.15, 0.2) is 24.3 Å². The zero-order chi connectivity index (χ0) is 13.4. The molecule has 18 heavy (non-hydrogen) atoms. The Kier molecular flexibility index (Phi) is 6.18. The third-order valence-electron chi connectivity index (χ3n) is 2.38. The number of carbonyl (C=O) groups excluding carboxylic acids is 1. The number of hydrogen-bond donors (Lipinski definition) is 1. The first kappa shape index (κ1) is 14.5. The van der Waals surface area contributed by atoms with E-state index in [9.17, 15) is 4.79 Å². The number of rotatable bonds is 7. The molecule has 1 amide bonds. The Morgan fingerprint density at radius 3 is 2.44 bits per heavy atom. The molecule has 100 valence electrons. The molecule has 5 nitrogen and oxygen atoms in total. The monoisotopic (exact) mass is 253 g/mol. The van der Waals surface area contributed by atoms with Gasteiger partial charge in [0.05, 0.1) is 19.8 Å². The van der Waals surface area contributed by atoms with Gasteiger partial charge in [0.25, 0.3) is 0 Å². The largest absolute Gasteiger partial charge is 0.497 e. The molecular weight excluding hydrogens is 234 g/mol. The third-order valence-corrected chi connectivity index (χ3v) is 2.38. The normalized spacial score (nSPS) is 11.9. The molecule has 0 saturated heterocycles. The topological polar surface area (TPSA) is 56.8 Å². The Hall–Kier alpha value is -1.59. The Morgan fingerprint density at radius 2 is 1.94 bits per heavy atom. The number of ether oxygens (including phenoxy) is 3. The van der Waals surface area contributed by atoms with E-state index in [1.54, 1.807) is 14.2 Å². The van der Waals surface area contributed by atoms with Crippen LogP contribution in [-0.4, -0.2) is 33.5 Å². The van der Waals surface area contributed by atoms with Crippen LogP contribution in [0.3, 0.4) is 0 Å². The summed E-state index contributed by atoms with van der Waals surface area (Å²) in [4.78, 5) is 11.2. The highest BCUT2D eigenvalue weighted by molar-refractivity contribution is 5.73. The molecule has 1 aromatic carbocycles. The van der Waals surface area contributed by atoms with Gasteiger partial charge in [-0.25, -0.2) is 0 Å². The molecule has 0 spiro atoms. The smallest absolute Gasteiger partial charge is 0.217 e. The summed E-state index contributed by atoms with van der Waals surface area (Å²) >= 11 is 0. The van der Waals surface area contributed by atoms with Gasteiger partial charge < -0.3 is 19.5 Å². The summed E-state index contributed by atoms with van der Waals surface area (Å²) in [5, 5.41) is 2.83. The van der Waals surface area contributed by atoms with E-state index in [4.69, 9.17) is 14.2 Å². The van der Waals surface area contributed by atoms with E-state index in [0.717, 1.165) is 11.3 Å². The van der Waals surface area contributed by atoms with Crippen molar-refractivity contribution in [3.8, 4) is 5.75 Å². The van der Waals surface area contributed by atoms with Gasteiger partial charge in [0.2, 0.25) is 5.91 Å². The molecular formula is C13H19NO4. The average molecular weight is 253 g/mol. The van der Waals surface area contributed by atoms with Crippen LogP contribution in [0.25, 0.3) is 0 Å². The van der Waals surface area contributed by atoms with Gasteiger partial charge in [0.1, 0.15) is 12.5 Å². The summed E-state index contributed by atoms with van der Waals surface area (Å²) in [6.45, 7) is 2.04. The van der Waals surface area contributed by atoms with Crippen molar-refractivity contribution in [3.05, 3.63) is 29.8 Å². The summed E-state index contributed by atoms with van der Waals surface area (Å²) in [5.41, 5.74) is 0.960. The minimum absolute atomic E-state index is 0.100. The zero-order valence-electron chi connectivity index (χ0n) is 10.9. The van der Waals surface area contributed by atoms with E-state index in [0.29, 0.717) is 6.61 Å². The molecule has 0 aliphatic heterocycles. The predicted octanol–water partition coefficient (Wildman–Crippen LogP) is 1.49. The molecule has 1 atom stereocenters. The predicted molar refractivity (Wildman–Crippen MR) is 67.4 cm³/mol. The Balaban J connectivity index is 2.69. The molecule has 5 heteroatoms.